The highest BCUT2D eigenvalue weighted by Crippen LogP contribution is 2.32. The fourth-order valence-corrected chi connectivity index (χ4v) is 5.27. The van der Waals surface area contributed by atoms with Crippen LogP contribution in [0.15, 0.2) is 24.3 Å². The quantitative estimate of drug-likeness (QED) is 0.782. The second-order valence-corrected chi connectivity index (χ2v) is 10.2. The molecule has 160 valence electrons. The van der Waals surface area contributed by atoms with Crippen LogP contribution < -0.4 is 10.2 Å². The van der Waals surface area contributed by atoms with Gasteiger partial charge in [0, 0.05) is 18.3 Å². The number of sulfonamides is 1. The van der Waals surface area contributed by atoms with E-state index >= 15 is 0 Å². The summed E-state index contributed by atoms with van der Waals surface area (Å²) in [6.07, 6.45) is 4.87. The Morgan fingerprint density at radius 3 is 2.59 bits per heavy atom. The lowest BCUT2D eigenvalue weighted by Crippen LogP contribution is -2.71. The third-order valence-corrected chi connectivity index (χ3v) is 7.57. The normalized spacial score (nSPS) is 24.5. The molecule has 2 aliphatic rings. The van der Waals surface area contributed by atoms with Crippen molar-refractivity contribution in [1.29, 1.82) is 0 Å². The molecule has 1 saturated carbocycles. The average Bonchev–Trinajstić information content (AvgIpc) is 2.68. The maximum Gasteiger partial charge on any atom is 0.247 e. The first-order chi connectivity index (χ1) is 13.7. The van der Waals surface area contributed by atoms with Gasteiger partial charge >= 0.3 is 0 Å². The van der Waals surface area contributed by atoms with Gasteiger partial charge in [0.1, 0.15) is 11.4 Å². The predicted molar refractivity (Wildman–Crippen MR) is 108 cm³/mol. The first-order valence-corrected chi connectivity index (χ1v) is 11.7. The van der Waals surface area contributed by atoms with E-state index in [1.165, 1.54) is 30.0 Å². The number of hydrogen-bond donors (Lipinski definition) is 1. The summed E-state index contributed by atoms with van der Waals surface area (Å²) < 4.78 is 39.8. The van der Waals surface area contributed by atoms with Gasteiger partial charge in [-0.15, -0.1) is 0 Å². The highest BCUT2D eigenvalue weighted by Gasteiger charge is 2.51. The Morgan fingerprint density at radius 2 is 1.97 bits per heavy atom. The third-order valence-electron chi connectivity index (χ3n) is 5.79. The monoisotopic (exact) mass is 425 g/mol. The van der Waals surface area contributed by atoms with E-state index in [0.29, 0.717) is 0 Å². The molecule has 2 amide bonds. The molecule has 1 aromatic rings. The van der Waals surface area contributed by atoms with Crippen molar-refractivity contribution in [2.45, 2.75) is 57.5 Å². The van der Waals surface area contributed by atoms with Crippen molar-refractivity contribution in [3.05, 3.63) is 30.1 Å². The van der Waals surface area contributed by atoms with Crippen LogP contribution in [0.4, 0.5) is 10.1 Å². The molecule has 3 rings (SSSR count). The number of carbonyl (C=O) groups is 2. The largest absolute Gasteiger partial charge is 0.351 e. The summed E-state index contributed by atoms with van der Waals surface area (Å²) in [4.78, 5) is 27.6. The molecule has 29 heavy (non-hydrogen) atoms. The molecule has 1 saturated heterocycles. The zero-order valence-electron chi connectivity index (χ0n) is 16.9. The SMILES string of the molecule is CCS(=O)(=O)N1CC(=O)N(c2cccc(F)c2)C(C)(C(=O)NC2CCCCC2)C1. The minimum absolute atomic E-state index is 0.00399. The maximum atomic E-state index is 13.9. The van der Waals surface area contributed by atoms with Crippen LogP contribution in [0.3, 0.4) is 0 Å². The third kappa shape index (κ3) is 4.45. The van der Waals surface area contributed by atoms with Crippen molar-refractivity contribution < 1.29 is 22.4 Å². The Balaban J connectivity index is 1.98. The molecule has 0 aromatic heterocycles. The van der Waals surface area contributed by atoms with Gasteiger partial charge in [-0.05, 0) is 44.9 Å². The van der Waals surface area contributed by atoms with E-state index in [4.69, 9.17) is 0 Å². The minimum atomic E-state index is -3.67. The number of nitrogens with one attached hydrogen (secondary N) is 1. The molecule has 0 radical (unpaired) electrons. The van der Waals surface area contributed by atoms with Crippen LogP contribution in [0, 0.1) is 5.82 Å². The van der Waals surface area contributed by atoms with E-state index in [1.54, 1.807) is 13.0 Å². The van der Waals surface area contributed by atoms with E-state index in [9.17, 15) is 22.4 Å². The summed E-state index contributed by atoms with van der Waals surface area (Å²) in [5, 5.41) is 3.01. The van der Waals surface area contributed by atoms with E-state index in [-0.39, 0.29) is 30.6 Å². The smallest absolute Gasteiger partial charge is 0.247 e. The van der Waals surface area contributed by atoms with E-state index in [1.807, 2.05) is 0 Å². The summed E-state index contributed by atoms with van der Waals surface area (Å²) >= 11 is 0. The first-order valence-electron chi connectivity index (χ1n) is 10.0. The van der Waals surface area contributed by atoms with Crippen LogP contribution in [0.25, 0.3) is 0 Å². The Labute approximate surface area is 171 Å². The van der Waals surface area contributed by atoms with Gasteiger partial charge in [0.15, 0.2) is 0 Å². The van der Waals surface area contributed by atoms with Crippen LogP contribution in [0.5, 0.6) is 0 Å². The molecule has 1 aliphatic carbocycles. The minimum Gasteiger partial charge on any atom is -0.351 e. The molecule has 0 spiro atoms. The molecule has 2 fully saturated rings. The number of nitrogens with zero attached hydrogens (tertiary/aromatic N) is 2. The Hall–Kier alpha value is -2.00. The molecular formula is C20H28FN3O4S. The maximum absolute atomic E-state index is 13.9. The highest BCUT2D eigenvalue weighted by atomic mass is 32.2. The molecule has 1 heterocycles. The van der Waals surface area contributed by atoms with Crippen molar-refractivity contribution in [3.8, 4) is 0 Å². The van der Waals surface area contributed by atoms with Gasteiger partial charge in [-0.2, -0.15) is 4.31 Å². The van der Waals surface area contributed by atoms with Gasteiger partial charge in [-0.1, -0.05) is 25.3 Å². The number of carbonyl (C=O) groups excluding carboxylic acids is 2. The molecule has 1 aromatic carbocycles. The van der Waals surface area contributed by atoms with Crippen molar-refractivity contribution in [1.82, 2.24) is 9.62 Å². The molecule has 0 bridgehead atoms. The lowest BCUT2D eigenvalue weighted by molar-refractivity contribution is -0.133. The first kappa shape index (κ1) is 21.7. The second kappa shape index (κ2) is 8.39. The van der Waals surface area contributed by atoms with E-state index < -0.39 is 33.2 Å². The summed E-state index contributed by atoms with van der Waals surface area (Å²) in [5.41, 5.74) is -1.24. The summed E-state index contributed by atoms with van der Waals surface area (Å²) in [6, 6.07) is 5.46. The second-order valence-electron chi connectivity index (χ2n) is 7.96. The van der Waals surface area contributed by atoms with Gasteiger partial charge in [-0.25, -0.2) is 12.8 Å². The number of anilines is 1. The molecule has 1 unspecified atom stereocenters. The summed E-state index contributed by atoms with van der Waals surface area (Å²) in [5.74, 6) is -1.67. The summed E-state index contributed by atoms with van der Waals surface area (Å²) in [7, 11) is -3.67. The van der Waals surface area contributed by atoms with Crippen molar-refractivity contribution in [2.75, 3.05) is 23.7 Å². The lowest BCUT2D eigenvalue weighted by atomic mass is 9.91. The molecular weight excluding hydrogens is 397 g/mol. The number of halogens is 1. The fourth-order valence-electron chi connectivity index (χ4n) is 4.15. The molecule has 1 N–H and O–H groups in total. The Bertz CT molecular complexity index is 885. The summed E-state index contributed by atoms with van der Waals surface area (Å²) in [6.45, 7) is 2.49. The van der Waals surface area contributed by atoms with Crippen LogP contribution >= 0.6 is 0 Å². The van der Waals surface area contributed by atoms with Crippen molar-refractivity contribution in [2.24, 2.45) is 0 Å². The lowest BCUT2D eigenvalue weighted by Gasteiger charge is -2.47. The molecule has 9 heteroatoms. The molecule has 1 atom stereocenters. The number of piperazine rings is 1. The predicted octanol–water partition coefficient (Wildman–Crippen LogP) is 2.03. The van der Waals surface area contributed by atoms with Gasteiger partial charge < -0.3 is 5.32 Å². The van der Waals surface area contributed by atoms with Gasteiger partial charge in [0.05, 0.1) is 12.3 Å². The Morgan fingerprint density at radius 1 is 1.28 bits per heavy atom. The van der Waals surface area contributed by atoms with E-state index in [0.717, 1.165) is 36.4 Å². The fraction of sp³-hybridized carbons (Fsp3) is 0.600. The number of benzene rings is 1. The van der Waals surface area contributed by atoms with Crippen LogP contribution in [0.2, 0.25) is 0 Å². The zero-order valence-corrected chi connectivity index (χ0v) is 17.7. The Kier molecular flexibility index (Phi) is 6.28. The van der Waals surface area contributed by atoms with Gasteiger partial charge in [0.25, 0.3) is 0 Å². The van der Waals surface area contributed by atoms with Crippen LogP contribution in [-0.2, 0) is 19.6 Å². The van der Waals surface area contributed by atoms with Gasteiger partial charge in [0.2, 0.25) is 21.8 Å². The molecule has 1 aliphatic heterocycles. The number of amides is 2. The van der Waals surface area contributed by atoms with Crippen LogP contribution in [-0.4, -0.2) is 55.0 Å². The van der Waals surface area contributed by atoms with Gasteiger partial charge in [-0.3, -0.25) is 14.5 Å². The number of rotatable bonds is 5. The zero-order chi connectivity index (χ0) is 21.2. The molecule has 7 nitrogen and oxygen atoms in total. The standard InChI is InChI=1S/C20H28FN3O4S/c1-3-29(27,28)23-13-18(25)24(17-11-7-8-15(21)12-17)20(2,14-23)19(26)22-16-9-5-4-6-10-16/h7-8,11-12,16H,3-6,9-10,13-14H2,1-2H3,(H,22,26). The highest BCUT2D eigenvalue weighted by molar-refractivity contribution is 7.89. The van der Waals surface area contributed by atoms with Crippen molar-refractivity contribution in [3.63, 3.8) is 0 Å². The van der Waals surface area contributed by atoms with Crippen molar-refractivity contribution >= 4 is 27.5 Å². The van der Waals surface area contributed by atoms with E-state index in [2.05, 4.69) is 5.32 Å². The average molecular weight is 426 g/mol. The number of hydrogen-bond acceptors (Lipinski definition) is 4. The topological polar surface area (TPSA) is 86.8 Å². The van der Waals surface area contributed by atoms with Crippen LogP contribution in [0.1, 0.15) is 46.0 Å².